The predicted octanol–water partition coefficient (Wildman–Crippen LogP) is 2.74. The molecule has 0 saturated heterocycles. The average molecular weight is 220 g/mol. The van der Waals surface area contributed by atoms with Gasteiger partial charge in [-0.15, -0.1) is 0 Å². The summed E-state index contributed by atoms with van der Waals surface area (Å²) < 4.78 is 0. The highest BCUT2D eigenvalue weighted by Crippen LogP contribution is 2.23. The summed E-state index contributed by atoms with van der Waals surface area (Å²) in [6, 6.07) is 4.79. The van der Waals surface area contributed by atoms with Gasteiger partial charge in [-0.2, -0.15) is 0 Å². The fraction of sp³-hybridized carbons (Fsp3) is 0.571. The molecule has 0 aliphatic heterocycles. The Kier molecular flexibility index (Phi) is 4.51. The molecule has 0 aliphatic rings. The Morgan fingerprint density at radius 2 is 1.50 bits per heavy atom. The molecule has 0 saturated carbocycles. The second-order valence-electron chi connectivity index (χ2n) is 4.95. The van der Waals surface area contributed by atoms with E-state index in [4.69, 9.17) is 11.5 Å². The molecule has 0 spiro atoms. The Balaban J connectivity index is 2.82. The highest BCUT2D eigenvalue weighted by molar-refractivity contribution is 5.38. The van der Waals surface area contributed by atoms with E-state index in [-0.39, 0.29) is 12.1 Å². The smallest absolute Gasteiger partial charge is 0.0298 e. The molecule has 0 aromatic heterocycles. The van der Waals surface area contributed by atoms with Gasteiger partial charge in [-0.05, 0) is 62.8 Å². The molecule has 0 radical (unpaired) electrons. The molecule has 1 aromatic carbocycles. The van der Waals surface area contributed by atoms with Crippen LogP contribution in [0.1, 0.15) is 48.1 Å². The maximum Gasteiger partial charge on any atom is 0.0298 e. The van der Waals surface area contributed by atoms with Gasteiger partial charge in [-0.1, -0.05) is 12.1 Å². The van der Waals surface area contributed by atoms with Crippen molar-refractivity contribution in [2.75, 3.05) is 0 Å². The molecular formula is C14H24N2. The lowest BCUT2D eigenvalue weighted by Crippen LogP contribution is -2.19. The van der Waals surface area contributed by atoms with Crippen molar-refractivity contribution in [2.24, 2.45) is 11.5 Å². The third-order valence-electron chi connectivity index (χ3n) is 3.21. The summed E-state index contributed by atoms with van der Waals surface area (Å²) in [6.45, 7) is 8.43. The van der Waals surface area contributed by atoms with Gasteiger partial charge in [0.15, 0.2) is 0 Å². The van der Waals surface area contributed by atoms with Crippen molar-refractivity contribution < 1.29 is 0 Å². The van der Waals surface area contributed by atoms with Crippen molar-refractivity contribution in [1.82, 2.24) is 0 Å². The number of nitrogens with two attached hydrogens (primary N) is 2. The quantitative estimate of drug-likeness (QED) is 0.819. The predicted molar refractivity (Wildman–Crippen MR) is 70.5 cm³/mol. The number of rotatable bonds is 4. The Morgan fingerprint density at radius 3 is 2.06 bits per heavy atom. The van der Waals surface area contributed by atoms with Crippen molar-refractivity contribution in [3.63, 3.8) is 0 Å². The third-order valence-corrected chi connectivity index (χ3v) is 3.21. The molecule has 4 N–H and O–H groups in total. The summed E-state index contributed by atoms with van der Waals surface area (Å²) in [5.41, 5.74) is 17.2. The standard InChI is InChI=1S/C14H24N2/c1-9-7-11(3)13(8-10(9)2)14(16)6-5-12(4)15/h7-8,12,14H,5-6,15-16H2,1-4H3. The molecule has 1 aromatic rings. The van der Waals surface area contributed by atoms with Gasteiger partial charge in [-0.25, -0.2) is 0 Å². The minimum atomic E-state index is 0.116. The highest BCUT2D eigenvalue weighted by Gasteiger charge is 2.11. The third kappa shape index (κ3) is 3.32. The summed E-state index contributed by atoms with van der Waals surface area (Å²) in [7, 11) is 0. The summed E-state index contributed by atoms with van der Waals surface area (Å²) in [4.78, 5) is 0. The van der Waals surface area contributed by atoms with E-state index in [1.54, 1.807) is 0 Å². The minimum absolute atomic E-state index is 0.116. The molecule has 1 rings (SSSR count). The van der Waals surface area contributed by atoms with Crippen LogP contribution in [-0.2, 0) is 0 Å². The summed E-state index contributed by atoms with van der Waals surface area (Å²) in [6.07, 6.45) is 1.94. The van der Waals surface area contributed by atoms with Gasteiger partial charge in [0, 0.05) is 12.1 Å². The Labute approximate surface area is 99.0 Å². The van der Waals surface area contributed by atoms with Crippen molar-refractivity contribution >= 4 is 0 Å². The minimum Gasteiger partial charge on any atom is -0.328 e. The topological polar surface area (TPSA) is 52.0 Å². The number of hydrogen-bond donors (Lipinski definition) is 2. The first-order valence-electron chi connectivity index (χ1n) is 6.00. The van der Waals surface area contributed by atoms with E-state index in [0.29, 0.717) is 0 Å². The molecule has 2 heteroatoms. The molecule has 2 atom stereocenters. The van der Waals surface area contributed by atoms with Crippen LogP contribution in [0.4, 0.5) is 0 Å². The Hall–Kier alpha value is -0.860. The van der Waals surface area contributed by atoms with Crippen LogP contribution < -0.4 is 11.5 Å². The lowest BCUT2D eigenvalue weighted by molar-refractivity contribution is 0.553. The first-order chi connectivity index (χ1) is 7.41. The molecule has 0 bridgehead atoms. The van der Waals surface area contributed by atoms with Gasteiger partial charge in [0.1, 0.15) is 0 Å². The SMILES string of the molecule is Cc1cc(C)c(C(N)CCC(C)N)cc1C. The lowest BCUT2D eigenvalue weighted by atomic mass is 9.93. The fourth-order valence-corrected chi connectivity index (χ4v) is 1.98. The molecular weight excluding hydrogens is 196 g/mol. The van der Waals surface area contributed by atoms with E-state index in [2.05, 4.69) is 32.9 Å². The maximum atomic E-state index is 6.21. The van der Waals surface area contributed by atoms with Crippen LogP contribution in [0, 0.1) is 20.8 Å². The van der Waals surface area contributed by atoms with E-state index in [0.717, 1.165) is 12.8 Å². The molecule has 90 valence electrons. The molecule has 0 amide bonds. The van der Waals surface area contributed by atoms with Crippen LogP contribution in [-0.4, -0.2) is 6.04 Å². The Morgan fingerprint density at radius 1 is 0.938 bits per heavy atom. The molecule has 0 fully saturated rings. The largest absolute Gasteiger partial charge is 0.328 e. The second kappa shape index (κ2) is 5.46. The molecule has 2 nitrogen and oxygen atoms in total. The van der Waals surface area contributed by atoms with E-state index in [1.165, 1.54) is 22.3 Å². The van der Waals surface area contributed by atoms with Gasteiger partial charge in [0.05, 0.1) is 0 Å². The zero-order chi connectivity index (χ0) is 12.3. The lowest BCUT2D eigenvalue weighted by Gasteiger charge is -2.17. The molecule has 16 heavy (non-hydrogen) atoms. The normalized spacial score (nSPS) is 14.9. The zero-order valence-electron chi connectivity index (χ0n) is 10.9. The van der Waals surface area contributed by atoms with Crippen molar-refractivity contribution in [3.8, 4) is 0 Å². The number of aryl methyl sites for hydroxylation is 3. The van der Waals surface area contributed by atoms with Gasteiger partial charge in [0.2, 0.25) is 0 Å². The maximum absolute atomic E-state index is 6.21. The van der Waals surface area contributed by atoms with Crippen molar-refractivity contribution in [3.05, 3.63) is 34.4 Å². The van der Waals surface area contributed by atoms with Gasteiger partial charge < -0.3 is 11.5 Å². The van der Waals surface area contributed by atoms with E-state index >= 15 is 0 Å². The van der Waals surface area contributed by atoms with Crippen molar-refractivity contribution in [2.45, 2.75) is 52.6 Å². The monoisotopic (exact) mass is 220 g/mol. The van der Waals surface area contributed by atoms with E-state index in [9.17, 15) is 0 Å². The van der Waals surface area contributed by atoms with Crippen LogP contribution in [0.5, 0.6) is 0 Å². The molecule has 2 unspecified atom stereocenters. The van der Waals surface area contributed by atoms with E-state index < -0.39 is 0 Å². The Bertz CT molecular complexity index is 356. The van der Waals surface area contributed by atoms with Crippen LogP contribution in [0.25, 0.3) is 0 Å². The zero-order valence-corrected chi connectivity index (χ0v) is 10.9. The second-order valence-corrected chi connectivity index (χ2v) is 4.95. The summed E-state index contributed by atoms with van der Waals surface area (Å²) in [5, 5.41) is 0. The summed E-state index contributed by atoms with van der Waals surface area (Å²) in [5.74, 6) is 0. The van der Waals surface area contributed by atoms with Crippen LogP contribution in [0.3, 0.4) is 0 Å². The first-order valence-corrected chi connectivity index (χ1v) is 6.00. The number of benzene rings is 1. The van der Waals surface area contributed by atoms with Crippen LogP contribution in [0.2, 0.25) is 0 Å². The summed E-state index contributed by atoms with van der Waals surface area (Å²) >= 11 is 0. The average Bonchev–Trinajstić information content (AvgIpc) is 2.20. The van der Waals surface area contributed by atoms with E-state index in [1.807, 2.05) is 6.92 Å². The highest BCUT2D eigenvalue weighted by atomic mass is 14.6. The molecule has 0 heterocycles. The van der Waals surface area contributed by atoms with Crippen LogP contribution in [0.15, 0.2) is 12.1 Å². The first kappa shape index (κ1) is 13.2. The van der Waals surface area contributed by atoms with Crippen LogP contribution >= 0.6 is 0 Å². The van der Waals surface area contributed by atoms with Gasteiger partial charge in [0.25, 0.3) is 0 Å². The van der Waals surface area contributed by atoms with Gasteiger partial charge in [-0.3, -0.25) is 0 Å². The fourth-order valence-electron chi connectivity index (χ4n) is 1.98. The van der Waals surface area contributed by atoms with Crippen molar-refractivity contribution in [1.29, 1.82) is 0 Å². The number of hydrogen-bond acceptors (Lipinski definition) is 2. The van der Waals surface area contributed by atoms with Gasteiger partial charge >= 0.3 is 0 Å². The molecule has 0 aliphatic carbocycles.